The van der Waals surface area contributed by atoms with E-state index in [0.29, 0.717) is 5.92 Å². The molecular formula is C10H16N2O. The van der Waals surface area contributed by atoms with Gasteiger partial charge in [0.1, 0.15) is 0 Å². The SMILES string of the molecule is CC(C)(c1nnco1)C1CCCC1. The number of hydrogen-bond acceptors (Lipinski definition) is 3. The van der Waals surface area contributed by atoms with Crippen molar-refractivity contribution in [2.24, 2.45) is 5.92 Å². The molecule has 0 aromatic carbocycles. The molecule has 3 nitrogen and oxygen atoms in total. The molecule has 1 aliphatic carbocycles. The van der Waals surface area contributed by atoms with Crippen LogP contribution in [-0.2, 0) is 5.41 Å². The highest BCUT2D eigenvalue weighted by Gasteiger charge is 2.37. The van der Waals surface area contributed by atoms with Gasteiger partial charge in [-0.1, -0.05) is 26.7 Å². The van der Waals surface area contributed by atoms with Crippen molar-refractivity contribution in [2.75, 3.05) is 0 Å². The summed E-state index contributed by atoms with van der Waals surface area (Å²) in [6.07, 6.45) is 6.72. The molecule has 72 valence electrons. The first-order valence-electron chi connectivity index (χ1n) is 4.98. The minimum Gasteiger partial charge on any atom is -0.427 e. The second-order valence-electron chi connectivity index (χ2n) is 4.45. The van der Waals surface area contributed by atoms with Crippen LogP contribution in [0.2, 0.25) is 0 Å². The van der Waals surface area contributed by atoms with Crippen LogP contribution in [0.5, 0.6) is 0 Å². The summed E-state index contributed by atoms with van der Waals surface area (Å²) < 4.78 is 5.29. The quantitative estimate of drug-likeness (QED) is 0.702. The molecule has 1 heterocycles. The molecule has 0 radical (unpaired) electrons. The summed E-state index contributed by atoms with van der Waals surface area (Å²) in [4.78, 5) is 0. The fourth-order valence-electron chi connectivity index (χ4n) is 2.28. The van der Waals surface area contributed by atoms with Gasteiger partial charge in [-0.25, -0.2) is 0 Å². The van der Waals surface area contributed by atoms with Crippen molar-refractivity contribution in [3.05, 3.63) is 12.3 Å². The minimum atomic E-state index is 0.0625. The molecule has 0 amide bonds. The lowest BCUT2D eigenvalue weighted by molar-refractivity contribution is 0.259. The molecule has 0 spiro atoms. The summed E-state index contributed by atoms with van der Waals surface area (Å²) in [6, 6.07) is 0. The number of nitrogens with zero attached hydrogens (tertiary/aromatic N) is 2. The van der Waals surface area contributed by atoms with Crippen LogP contribution >= 0.6 is 0 Å². The van der Waals surface area contributed by atoms with Gasteiger partial charge in [-0.05, 0) is 18.8 Å². The third-order valence-electron chi connectivity index (χ3n) is 3.29. The Kier molecular flexibility index (Phi) is 2.10. The average Bonchev–Trinajstić information content (AvgIpc) is 2.78. The Balaban J connectivity index is 2.19. The zero-order valence-electron chi connectivity index (χ0n) is 8.29. The molecule has 1 fully saturated rings. The molecule has 1 saturated carbocycles. The Labute approximate surface area is 78.5 Å². The monoisotopic (exact) mass is 180 g/mol. The summed E-state index contributed by atoms with van der Waals surface area (Å²) in [5.41, 5.74) is 0.0625. The molecule has 13 heavy (non-hydrogen) atoms. The number of hydrogen-bond donors (Lipinski definition) is 0. The van der Waals surface area contributed by atoms with Crippen molar-refractivity contribution in [3.8, 4) is 0 Å². The Morgan fingerprint density at radius 3 is 2.62 bits per heavy atom. The molecule has 0 saturated heterocycles. The van der Waals surface area contributed by atoms with Gasteiger partial charge in [0.15, 0.2) is 0 Å². The lowest BCUT2D eigenvalue weighted by atomic mass is 9.78. The van der Waals surface area contributed by atoms with Crippen LogP contribution in [0.25, 0.3) is 0 Å². The predicted molar refractivity (Wildman–Crippen MR) is 49.3 cm³/mol. The van der Waals surface area contributed by atoms with E-state index in [-0.39, 0.29) is 5.41 Å². The molecule has 3 heteroatoms. The van der Waals surface area contributed by atoms with Gasteiger partial charge in [0, 0.05) is 5.41 Å². The van der Waals surface area contributed by atoms with E-state index in [2.05, 4.69) is 24.0 Å². The van der Waals surface area contributed by atoms with Crippen molar-refractivity contribution in [2.45, 2.75) is 44.9 Å². The first-order valence-corrected chi connectivity index (χ1v) is 4.98. The Morgan fingerprint density at radius 1 is 1.38 bits per heavy atom. The first kappa shape index (κ1) is 8.73. The van der Waals surface area contributed by atoms with Gasteiger partial charge in [0.25, 0.3) is 0 Å². The van der Waals surface area contributed by atoms with Crippen molar-refractivity contribution >= 4 is 0 Å². The topological polar surface area (TPSA) is 38.9 Å². The maximum Gasteiger partial charge on any atom is 0.222 e. The van der Waals surface area contributed by atoms with Gasteiger partial charge < -0.3 is 4.42 Å². The van der Waals surface area contributed by atoms with E-state index in [0.717, 1.165) is 5.89 Å². The van der Waals surface area contributed by atoms with Gasteiger partial charge in [-0.15, -0.1) is 10.2 Å². The van der Waals surface area contributed by atoms with Crippen molar-refractivity contribution < 1.29 is 4.42 Å². The van der Waals surface area contributed by atoms with Gasteiger partial charge in [0.2, 0.25) is 12.3 Å². The third-order valence-corrected chi connectivity index (χ3v) is 3.29. The molecule has 0 unspecified atom stereocenters. The molecular weight excluding hydrogens is 164 g/mol. The lowest BCUT2D eigenvalue weighted by Crippen LogP contribution is -2.27. The van der Waals surface area contributed by atoms with E-state index >= 15 is 0 Å². The Hall–Kier alpha value is -0.860. The fourth-order valence-corrected chi connectivity index (χ4v) is 2.28. The highest BCUT2D eigenvalue weighted by Crippen LogP contribution is 2.40. The molecule has 1 aromatic rings. The van der Waals surface area contributed by atoms with Gasteiger partial charge in [-0.3, -0.25) is 0 Å². The molecule has 1 aliphatic rings. The van der Waals surface area contributed by atoms with E-state index in [9.17, 15) is 0 Å². The summed E-state index contributed by atoms with van der Waals surface area (Å²) >= 11 is 0. The Morgan fingerprint density at radius 2 is 2.08 bits per heavy atom. The maximum atomic E-state index is 5.29. The zero-order chi connectivity index (χ0) is 9.31. The highest BCUT2D eigenvalue weighted by atomic mass is 16.4. The first-order chi connectivity index (χ1) is 6.21. The molecule has 0 aliphatic heterocycles. The van der Waals surface area contributed by atoms with E-state index in [1.165, 1.54) is 32.1 Å². The zero-order valence-corrected chi connectivity index (χ0v) is 8.29. The largest absolute Gasteiger partial charge is 0.427 e. The summed E-state index contributed by atoms with van der Waals surface area (Å²) in [7, 11) is 0. The van der Waals surface area contributed by atoms with Crippen LogP contribution < -0.4 is 0 Å². The second kappa shape index (κ2) is 3.13. The van der Waals surface area contributed by atoms with Crippen molar-refractivity contribution in [1.29, 1.82) is 0 Å². The molecule has 0 N–H and O–H groups in total. The number of rotatable bonds is 2. The minimum absolute atomic E-state index is 0.0625. The van der Waals surface area contributed by atoms with E-state index in [4.69, 9.17) is 4.42 Å². The van der Waals surface area contributed by atoms with Crippen LogP contribution in [0.15, 0.2) is 10.8 Å². The Bertz CT molecular complexity index is 260. The molecule has 0 bridgehead atoms. The van der Waals surface area contributed by atoms with Crippen LogP contribution in [0, 0.1) is 5.92 Å². The predicted octanol–water partition coefficient (Wildman–Crippen LogP) is 2.54. The normalized spacial score (nSPS) is 19.5. The fraction of sp³-hybridized carbons (Fsp3) is 0.800. The van der Waals surface area contributed by atoms with Crippen LogP contribution in [0.3, 0.4) is 0 Å². The van der Waals surface area contributed by atoms with Crippen molar-refractivity contribution in [3.63, 3.8) is 0 Å². The van der Waals surface area contributed by atoms with Gasteiger partial charge >= 0.3 is 0 Å². The van der Waals surface area contributed by atoms with E-state index in [1.807, 2.05) is 0 Å². The van der Waals surface area contributed by atoms with Crippen LogP contribution in [0.4, 0.5) is 0 Å². The lowest BCUT2D eigenvalue weighted by Gasteiger charge is -2.27. The van der Waals surface area contributed by atoms with E-state index < -0.39 is 0 Å². The average molecular weight is 180 g/mol. The van der Waals surface area contributed by atoms with E-state index in [1.54, 1.807) is 0 Å². The van der Waals surface area contributed by atoms with Gasteiger partial charge in [0.05, 0.1) is 0 Å². The summed E-state index contributed by atoms with van der Waals surface area (Å²) in [5, 5.41) is 7.76. The van der Waals surface area contributed by atoms with Crippen LogP contribution in [-0.4, -0.2) is 10.2 Å². The van der Waals surface area contributed by atoms with Crippen molar-refractivity contribution in [1.82, 2.24) is 10.2 Å². The standard InChI is InChI=1S/C10H16N2O/c1-10(2,8-5-3-4-6-8)9-12-11-7-13-9/h7-8H,3-6H2,1-2H3. The summed E-state index contributed by atoms with van der Waals surface area (Å²) in [6.45, 7) is 4.41. The number of aromatic nitrogens is 2. The van der Waals surface area contributed by atoms with Gasteiger partial charge in [-0.2, -0.15) is 0 Å². The maximum absolute atomic E-state index is 5.29. The van der Waals surface area contributed by atoms with Crippen LogP contribution in [0.1, 0.15) is 45.4 Å². The highest BCUT2D eigenvalue weighted by molar-refractivity contribution is 5.02. The molecule has 1 aromatic heterocycles. The summed E-state index contributed by atoms with van der Waals surface area (Å²) in [5.74, 6) is 1.51. The molecule has 0 atom stereocenters. The third kappa shape index (κ3) is 1.47. The second-order valence-corrected chi connectivity index (χ2v) is 4.45. The molecule has 2 rings (SSSR count). The smallest absolute Gasteiger partial charge is 0.222 e.